The fourth-order valence-corrected chi connectivity index (χ4v) is 7.44. The fraction of sp³-hybridized carbons (Fsp3) is 0.720. The van der Waals surface area contributed by atoms with Crippen LogP contribution in [0.25, 0.3) is 0 Å². The fourth-order valence-electron chi connectivity index (χ4n) is 7.44. The molecule has 158 valence electrons. The van der Waals surface area contributed by atoms with E-state index in [1.807, 2.05) is 6.07 Å². The second kappa shape index (κ2) is 7.52. The highest BCUT2D eigenvalue weighted by Crippen LogP contribution is 2.57. The highest BCUT2D eigenvalue weighted by molar-refractivity contribution is 5.70. The summed E-state index contributed by atoms with van der Waals surface area (Å²) in [5.41, 5.74) is 0.748. The van der Waals surface area contributed by atoms with Gasteiger partial charge in [-0.1, -0.05) is 25.3 Å². The zero-order valence-corrected chi connectivity index (χ0v) is 17.3. The van der Waals surface area contributed by atoms with E-state index in [1.165, 1.54) is 38.5 Å². The largest absolute Gasteiger partial charge is 0.504 e. The second-order valence-corrected chi connectivity index (χ2v) is 10.5. The van der Waals surface area contributed by atoms with Gasteiger partial charge in [0.1, 0.15) is 6.61 Å². The number of hydrogen-bond acceptors (Lipinski definition) is 4. The predicted octanol–water partition coefficient (Wildman–Crippen LogP) is 5.31. The van der Waals surface area contributed by atoms with Crippen LogP contribution in [-0.2, 0) is 14.9 Å². The van der Waals surface area contributed by atoms with E-state index in [-0.39, 0.29) is 22.9 Å². The lowest BCUT2D eigenvalue weighted by atomic mass is 9.51. The Kier molecular flexibility index (Phi) is 4.99. The van der Waals surface area contributed by atoms with Crippen molar-refractivity contribution in [3.05, 3.63) is 23.8 Å². The summed E-state index contributed by atoms with van der Waals surface area (Å²) in [5.74, 6) is 3.67. The van der Waals surface area contributed by atoms with Crippen LogP contribution in [0.15, 0.2) is 18.2 Å². The molecule has 0 aliphatic heterocycles. The maximum atomic E-state index is 12.9. The van der Waals surface area contributed by atoms with Crippen LogP contribution < -0.4 is 0 Å². The third kappa shape index (κ3) is 3.64. The van der Waals surface area contributed by atoms with Crippen molar-refractivity contribution in [2.24, 2.45) is 29.6 Å². The van der Waals surface area contributed by atoms with Crippen LogP contribution in [0.1, 0.15) is 76.2 Å². The van der Waals surface area contributed by atoms with Crippen molar-refractivity contribution in [1.82, 2.24) is 0 Å². The predicted molar refractivity (Wildman–Crippen MR) is 111 cm³/mol. The van der Waals surface area contributed by atoms with Gasteiger partial charge >= 0.3 is 5.97 Å². The number of phenols is 2. The topological polar surface area (TPSA) is 66.8 Å². The lowest BCUT2D eigenvalue weighted by Crippen LogP contribution is -2.46. The number of aromatic hydroxyl groups is 2. The molecule has 5 aliphatic rings. The molecule has 4 nitrogen and oxygen atoms in total. The Morgan fingerprint density at radius 3 is 2.21 bits per heavy atom. The van der Waals surface area contributed by atoms with Gasteiger partial charge in [0, 0.05) is 11.8 Å². The summed E-state index contributed by atoms with van der Waals surface area (Å²) >= 11 is 0. The van der Waals surface area contributed by atoms with E-state index in [9.17, 15) is 15.0 Å². The van der Waals surface area contributed by atoms with Gasteiger partial charge in [-0.2, -0.15) is 0 Å². The monoisotopic (exact) mass is 398 g/mol. The average molecular weight is 399 g/mol. The maximum Gasteiger partial charge on any atom is 0.306 e. The summed E-state index contributed by atoms with van der Waals surface area (Å²) < 4.78 is 5.93. The van der Waals surface area contributed by atoms with Crippen molar-refractivity contribution in [3.8, 4) is 11.5 Å². The number of phenolic OH excluding ortho intramolecular Hbond substituents is 2. The third-order valence-electron chi connectivity index (χ3n) is 8.73. The molecule has 0 amide bonds. The van der Waals surface area contributed by atoms with Gasteiger partial charge in [0.15, 0.2) is 11.5 Å². The first-order chi connectivity index (χ1) is 14.0. The molecule has 0 aromatic heterocycles. The quantitative estimate of drug-likeness (QED) is 0.521. The highest BCUT2D eigenvalue weighted by atomic mass is 16.5. The molecule has 4 bridgehead atoms. The van der Waals surface area contributed by atoms with Crippen molar-refractivity contribution < 1.29 is 19.7 Å². The summed E-state index contributed by atoms with van der Waals surface area (Å²) in [5, 5.41) is 19.7. The van der Waals surface area contributed by atoms with E-state index < -0.39 is 0 Å². The first kappa shape index (κ1) is 19.3. The summed E-state index contributed by atoms with van der Waals surface area (Å²) in [6, 6.07) is 5.09. The Labute approximate surface area is 173 Å². The number of hydrogen-bond donors (Lipinski definition) is 2. The number of carbonyl (C=O) groups is 1. The Hall–Kier alpha value is -1.71. The smallest absolute Gasteiger partial charge is 0.306 e. The minimum absolute atomic E-state index is 0.0320. The molecule has 4 heteroatoms. The zero-order chi connectivity index (χ0) is 20.0. The van der Waals surface area contributed by atoms with Gasteiger partial charge in [-0.3, -0.25) is 4.79 Å². The van der Waals surface area contributed by atoms with Gasteiger partial charge in [-0.25, -0.2) is 0 Å². The molecule has 5 aliphatic carbocycles. The van der Waals surface area contributed by atoms with E-state index in [2.05, 4.69) is 0 Å². The molecule has 6 rings (SSSR count). The first-order valence-corrected chi connectivity index (χ1v) is 11.7. The molecule has 2 N–H and O–H groups in total. The van der Waals surface area contributed by atoms with Crippen LogP contribution in [0.2, 0.25) is 0 Å². The molecule has 5 fully saturated rings. The number of carbonyl (C=O) groups excluding carboxylic acids is 1. The Morgan fingerprint density at radius 1 is 0.931 bits per heavy atom. The molecule has 1 aromatic rings. The van der Waals surface area contributed by atoms with Gasteiger partial charge in [0.25, 0.3) is 0 Å². The number of ether oxygens (including phenoxy) is 1. The molecule has 0 spiro atoms. The molecule has 1 aromatic carbocycles. The molecule has 0 radical (unpaired) electrons. The summed E-state index contributed by atoms with van der Waals surface area (Å²) in [6.45, 7) is 0.392. The van der Waals surface area contributed by atoms with E-state index in [0.717, 1.165) is 54.9 Å². The van der Waals surface area contributed by atoms with E-state index >= 15 is 0 Å². The minimum atomic E-state index is -0.233. The number of esters is 1. The molecular weight excluding hydrogens is 364 g/mol. The average Bonchev–Trinajstić information content (AvgIpc) is 2.71. The second-order valence-electron chi connectivity index (χ2n) is 10.5. The first-order valence-electron chi connectivity index (χ1n) is 11.7. The minimum Gasteiger partial charge on any atom is -0.504 e. The van der Waals surface area contributed by atoms with Crippen molar-refractivity contribution in [2.75, 3.05) is 6.61 Å². The molecular formula is C25H34O4. The molecule has 0 saturated heterocycles. The molecule has 0 heterocycles. The van der Waals surface area contributed by atoms with Gasteiger partial charge in [-0.15, -0.1) is 0 Å². The van der Waals surface area contributed by atoms with Crippen molar-refractivity contribution >= 4 is 5.97 Å². The van der Waals surface area contributed by atoms with Crippen LogP contribution in [0, 0.1) is 29.6 Å². The Morgan fingerprint density at radius 2 is 1.59 bits per heavy atom. The summed E-state index contributed by atoms with van der Waals surface area (Å²) in [6.07, 6.45) is 12.7. The lowest BCUT2D eigenvalue weighted by Gasteiger charge is -2.54. The van der Waals surface area contributed by atoms with Crippen LogP contribution in [-0.4, -0.2) is 22.8 Å². The third-order valence-corrected chi connectivity index (χ3v) is 8.73. The van der Waals surface area contributed by atoms with Crippen LogP contribution in [0.5, 0.6) is 11.5 Å². The van der Waals surface area contributed by atoms with Crippen molar-refractivity contribution in [1.29, 1.82) is 0 Å². The van der Waals surface area contributed by atoms with Gasteiger partial charge < -0.3 is 14.9 Å². The van der Waals surface area contributed by atoms with Gasteiger partial charge in [0.05, 0.1) is 0 Å². The lowest BCUT2D eigenvalue weighted by molar-refractivity contribution is -0.151. The van der Waals surface area contributed by atoms with E-state index in [4.69, 9.17) is 4.74 Å². The molecule has 0 unspecified atom stereocenters. The molecule has 29 heavy (non-hydrogen) atoms. The SMILES string of the molecule is O=C(CC1C2CC3CC(C2)CC1C3)OCC1(c2ccc(O)c(O)c2)CCCCC1. The Balaban J connectivity index is 1.25. The zero-order valence-electron chi connectivity index (χ0n) is 17.3. The van der Waals surface area contributed by atoms with Crippen LogP contribution in [0.4, 0.5) is 0 Å². The summed E-state index contributed by atoms with van der Waals surface area (Å²) in [4.78, 5) is 12.9. The Bertz CT molecular complexity index is 736. The number of benzene rings is 1. The van der Waals surface area contributed by atoms with E-state index in [0.29, 0.717) is 18.9 Å². The maximum absolute atomic E-state index is 12.9. The molecule has 0 atom stereocenters. The van der Waals surface area contributed by atoms with Crippen LogP contribution in [0.3, 0.4) is 0 Å². The van der Waals surface area contributed by atoms with Crippen LogP contribution >= 0.6 is 0 Å². The normalized spacial score (nSPS) is 34.8. The molecule has 5 saturated carbocycles. The van der Waals surface area contributed by atoms with Gasteiger partial charge in [-0.05, 0) is 92.2 Å². The standard InChI is InChI=1S/C25H34O4/c26-22-5-4-20(13-23(22)27)25(6-2-1-3-7-25)15-29-24(28)14-21-18-9-16-8-17(11-18)12-19(21)10-16/h4-5,13,16-19,21,26-27H,1-3,6-12,14-15H2. The van der Waals surface area contributed by atoms with Gasteiger partial charge in [0.2, 0.25) is 0 Å². The van der Waals surface area contributed by atoms with E-state index in [1.54, 1.807) is 12.1 Å². The van der Waals surface area contributed by atoms with Crippen molar-refractivity contribution in [3.63, 3.8) is 0 Å². The van der Waals surface area contributed by atoms with Crippen molar-refractivity contribution in [2.45, 2.75) is 76.0 Å². The highest BCUT2D eigenvalue weighted by Gasteiger charge is 2.48. The summed E-state index contributed by atoms with van der Waals surface area (Å²) in [7, 11) is 0. The number of rotatable bonds is 5.